The highest BCUT2D eigenvalue weighted by molar-refractivity contribution is 6.06. The largest absolute Gasteiger partial charge is 0.416 e. The highest BCUT2D eigenvalue weighted by Crippen LogP contribution is 2.35. The van der Waals surface area contributed by atoms with E-state index in [9.17, 15) is 27.6 Å². The number of rotatable bonds is 5. The molecule has 0 aromatic heterocycles. The van der Waals surface area contributed by atoms with Gasteiger partial charge in [0.25, 0.3) is 5.91 Å². The molecule has 1 fully saturated rings. The highest BCUT2D eigenvalue weighted by Gasteiger charge is 2.50. The molecule has 2 unspecified atom stereocenters. The summed E-state index contributed by atoms with van der Waals surface area (Å²) in [7, 11) is 2.94. The van der Waals surface area contributed by atoms with E-state index >= 15 is 0 Å². The molecule has 1 saturated heterocycles. The molecule has 2 aliphatic rings. The van der Waals surface area contributed by atoms with Gasteiger partial charge in [0, 0.05) is 26.3 Å². The normalized spacial score (nSPS) is 21.7. The van der Waals surface area contributed by atoms with Crippen molar-refractivity contribution in [3.05, 3.63) is 41.6 Å². The van der Waals surface area contributed by atoms with Crippen LogP contribution in [0.5, 0.6) is 0 Å². The zero-order valence-electron chi connectivity index (χ0n) is 16.9. The van der Waals surface area contributed by atoms with Gasteiger partial charge < -0.3 is 15.1 Å². The maximum Gasteiger partial charge on any atom is 0.416 e. The standard InChI is InChI=1S/C20H23F3N4O3/c1-4-5-9-27-15(11-14-17(27)25(2)19(30)26(3)18(14)29)16(28)24-13-8-6-7-12(10-13)20(21,22)23/h6-8,10-11,14,17H,4-5,9H2,1-3H3,(H,24,28). The predicted molar refractivity (Wildman–Crippen MR) is 103 cm³/mol. The number of amides is 4. The molecule has 1 aromatic carbocycles. The van der Waals surface area contributed by atoms with E-state index in [1.165, 1.54) is 30.2 Å². The summed E-state index contributed by atoms with van der Waals surface area (Å²) in [6.45, 7) is 2.39. The molecular formula is C20H23F3N4O3. The van der Waals surface area contributed by atoms with E-state index in [1.807, 2.05) is 6.92 Å². The van der Waals surface area contributed by atoms with Crippen LogP contribution in [0.2, 0.25) is 0 Å². The minimum absolute atomic E-state index is 0.00564. The first kappa shape index (κ1) is 21.7. The van der Waals surface area contributed by atoms with E-state index in [2.05, 4.69) is 5.32 Å². The van der Waals surface area contributed by atoms with E-state index in [4.69, 9.17) is 0 Å². The van der Waals surface area contributed by atoms with Crippen molar-refractivity contribution in [2.24, 2.45) is 5.92 Å². The Hall–Kier alpha value is -3.04. The molecule has 0 spiro atoms. The number of benzene rings is 1. The van der Waals surface area contributed by atoms with Crippen molar-refractivity contribution in [1.82, 2.24) is 14.7 Å². The summed E-state index contributed by atoms with van der Waals surface area (Å²) in [5.74, 6) is -1.78. The van der Waals surface area contributed by atoms with Crippen LogP contribution in [0.15, 0.2) is 36.0 Å². The Balaban J connectivity index is 1.90. The monoisotopic (exact) mass is 424 g/mol. The van der Waals surface area contributed by atoms with Gasteiger partial charge in [-0.25, -0.2) is 4.79 Å². The molecule has 7 nitrogen and oxygen atoms in total. The quantitative estimate of drug-likeness (QED) is 0.789. The molecule has 10 heteroatoms. The Morgan fingerprint density at radius 3 is 2.53 bits per heavy atom. The van der Waals surface area contributed by atoms with Crippen LogP contribution in [0.4, 0.5) is 23.7 Å². The third-order valence-corrected chi connectivity index (χ3v) is 5.32. The minimum Gasteiger partial charge on any atom is -0.346 e. The maximum absolute atomic E-state index is 13.0. The van der Waals surface area contributed by atoms with E-state index < -0.39 is 41.7 Å². The van der Waals surface area contributed by atoms with Crippen molar-refractivity contribution in [3.8, 4) is 0 Å². The zero-order valence-corrected chi connectivity index (χ0v) is 16.9. The van der Waals surface area contributed by atoms with E-state index in [0.717, 1.165) is 23.5 Å². The van der Waals surface area contributed by atoms with Crippen molar-refractivity contribution in [1.29, 1.82) is 0 Å². The van der Waals surface area contributed by atoms with Gasteiger partial charge in [0.2, 0.25) is 5.91 Å². The first-order valence-electron chi connectivity index (χ1n) is 9.57. The highest BCUT2D eigenvalue weighted by atomic mass is 19.4. The predicted octanol–water partition coefficient (Wildman–Crippen LogP) is 3.11. The Morgan fingerprint density at radius 2 is 1.90 bits per heavy atom. The lowest BCUT2D eigenvalue weighted by Crippen LogP contribution is -2.62. The first-order chi connectivity index (χ1) is 14.1. The van der Waals surface area contributed by atoms with Gasteiger partial charge in [0.15, 0.2) is 0 Å². The van der Waals surface area contributed by atoms with Crippen molar-refractivity contribution < 1.29 is 27.6 Å². The topological polar surface area (TPSA) is 73.0 Å². The molecule has 4 amide bonds. The number of nitrogens with one attached hydrogen (secondary N) is 1. The molecule has 0 bridgehead atoms. The fraction of sp³-hybridized carbons (Fsp3) is 0.450. The summed E-state index contributed by atoms with van der Waals surface area (Å²) in [5, 5.41) is 2.49. The summed E-state index contributed by atoms with van der Waals surface area (Å²) in [5.41, 5.74) is -0.715. The van der Waals surface area contributed by atoms with E-state index in [-0.39, 0.29) is 11.4 Å². The minimum atomic E-state index is -4.53. The van der Waals surface area contributed by atoms with Crippen LogP contribution in [0, 0.1) is 5.92 Å². The fourth-order valence-electron chi connectivity index (χ4n) is 3.76. The molecule has 2 heterocycles. The van der Waals surface area contributed by atoms with Crippen LogP contribution >= 0.6 is 0 Å². The third-order valence-electron chi connectivity index (χ3n) is 5.32. The number of nitrogens with zero attached hydrogens (tertiary/aromatic N) is 3. The average Bonchev–Trinajstić information content (AvgIpc) is 3.08. The van der Waals surface area contributed by atoms with Gasteiger partial charge in [-0.05, 0) is 30.7 Å². The molecule has 0 saturated carbocycles. The molecule has 162 valence electrons. The first-order valence-corrected chi connectivity index (χ1v) is 9.57. The van der Waals surface area contributed by atoms with Crippen LogP contribution in [-0.4, -0.2) is 59.4 Å². The van der Waals surface area contributed by atoms with E-state index in [1.54, 1.807) is 11.9 Å². The number of imide groups is 1. The lowest BCUT2D eigenvalue weighted by Gasteiger charge is -2.43. The number of anilines is 1. The van der Waals surface area contributed by atoms with Gasteiger partial charge in [-0.2, -0.15) is 13.2 Å². The van der Waals surface area contributed by atoms with Crippen molar-refractivity contribution in [2.75, 3.05) is 26.0 Å². The summed E-state index contributed by atoms with van der Waals surface area (Å²) in [6.07, 6.45) is -2.15. The van der Waals surface area contributed by atoms with Gasteiger partial charge in [-0.3, -0.25) is 14.5 Å². The van der Waals surface area contributed by atoms with Gasteiger partial charge in [-0.1, -0.05) is 19.4 Å². The van der Waals surface area contributed by atoms with Gasteiger partial charge in [-0.15, -0.1) is 0 Å². The summed E-state index contributed by atoms with van der Waals surface area (Å²) < 4.78 is 38.9. The van der Waals surface area contributed by atoms with Crippen LogP contribution in [0.25, 0.3) is 0 Å². The Bertz CT molecular complexity index is 900. The number of hydrogen-bond acceptors (Lipinski definition) is 4. The Labute approximate surface area is 172 Å². The average molecular weight is 424 g/mol. The van der Waals surface area contributed by atoms with Gasteiger partial charge in [0.1, 0.15) is 11.9 Å². The molecular weight excluding hydrogens is 401 g/mol. The molecule has 2 aliphatic heterocycles. The van der Waals surface area contributed by atoms with Crippen molar-refractivity contribution >= 4 is 23.5 Å². The van der Waals surface area contributed by atoms with Gasteiger partial charge >= 0.3 is 12.2 Å². The Kier molecular flexibility index (Phi) is 5.78. The van der Waals surface area contributed by atoms with Crippen LogP contribution in [0.3, 0.4) is 0 Å². The fourth-order valence-corrected chi connectivity index (χ4v) is 3.76. The van der Waals surface area contributed by atoms with E-state index in [0.29, 0.717) is 13.0 Å². The second-order valence-corrected chi connectivity index (χ2v) is 7.36. The third kappa shape index (κ3) is 3.86. The van der Waals surface area contributed by atoms with Crippen molar-refractivity contribution in [2.45, 2.75) is 32.1 Å². The molecule has 3 rings (SSSR count). The number of alkyl halides is 3. The lowest BCUT2D eigenvalue weighted by molar-refractivity contribution is -0.138. The smallest absolute Gasteiger partial charge is 0.346 e. The van der Waals surface area contributed by atoms with Crippen molar-refractivity contribution in [3.63, 3.8) is 0 Å². The number of hydrogen-bond donors (Lipinski definition) is 1. The molecule has 2 atom stereocenters. The molecule has 0 radical (unpaired) electrons. The summed E-state index contributed by atoms with van der Waals surface area (Å²) in [6, 6.07) is 3.87. The molecule has 1 aromatic rings. The number of urea groups is 1. The number of carbonyl (C=O) groups excluding carboxylic acids is 3. The summed E-state index contributed by atoms with van der Waals surface area (Å²) in [4.78, 5) is 42.0. The molecule has 30 heavy (non-hydrogen) atoms. The van der Waals surface area contributed by atoms with Crippen LogP contribution in [-0.2, 0) is 15.8 Å². The van der Waals surface area contributed by atoms with Gasteiger partial charge in [0.05, 0.1) is 11.5 Å². The Morgan fingerprint density at radius 1 is 1.20 bits per heavy atom. The zero-order chi connectivity index (χ0) is 22.2. The van der Waals surface area contributed by atoms with Crippen LogP contribution < -0.4 is 5.32 Å². The number of fused-ring (bicyclic) bond motifs is 1. The number of unbranched alkanes of at least 4 members (excludes halogenated alkanes) is 1. The number of halogens is 3. The molecule has 0 aliphatic carbocycles. The van der Waals surface area contributed by atoms with Crippen LogP contribution in [0.1, 0.15) is 25.3 Å². The SMILES string of the molecule is CCCCN1C(C(=O)Nc2cccc(C(F)(F)F)c2)=CC2C(=O)N(C)C(=O)N(C)C21. The maximum atomic E-state index is 13.0. The second-order valence-electron chi connectivity index (χ2n) is 7.36. The number of carbonyl (C=O) groups is 3. The second kappa shape index (κ2) is 8.00. The summed E-state index contributed by atoms with van der Waals surface area (Å²) >= 11 is 0. The lowest BCUT2D eigenvalue weighted by atomic mass is 10.0. The molecule has 1 N–H and O–H groups in total.